The van der Waals surface area contributed by atoms with E-state index in [2.05, 4.69) is 5.32 Å². The highest BCUT2D eigenvalue weighted by Crippen LogP contribution is 2.27. The summed E-state index contributed by atoms with van der Waals surface area (Å²) in [6.45, 7) is -0.0233. The zero-order valence-corrected chi connectivity index (χ0v) is 14.9. The molecule has 1 fully saturated rings. The number of aliphatic carboxylic acids is 1. The van der Waals surface area contributed by atoms with Gasteiger partial charge in [0.1, 0.15) is 12.0 Å². The molecule has 2 aromatic carbocycles. The van der Waals surface area contributed by atoms with Crippen LogP contribution in [0.5, 0.6) is 0 Å². The van der Waals surface area contributed by atoms with Crippen LogP contribution in [0.15, 0.2) is 48.5 Å². The van der Waals surface area contributed by atoms with Crippen LogP contribution in [0.3, 0.4) is 0 Å². The Balaban J connectivity index is 1.84. The van der Waals surface area contributed by atoms with E-state index in [0.29, 0.717) is 10.7 Å². The first kappa shape index (κ1) is 18.2. The second-order valence-corrected chi connectivity index (χ2v) is 6.62. The number of carbonyl (C=O) groups excluding carboxylic acids is 2. The molecule has 0 bridgehead atoms. The highest BCUT2D eigenvalue weighted by Gasteiger charge is 2.45. The molecule has 26 heavy (non-hydrogen) atoms. The lowest BCUT2D eigenvalue weighted by atomic mass is 10.0. The van der Waals surface area contributed by atoms with Gasteiger partial charge in [-0.1, -0.05) is 41.4 Å². The molecule has 2 N–H and O–H groups in total. The number of benzene rings is 2. The lowest BCUT2D eigenvalue weighted by Gasteiger charge is -2.17. The van der Waals surface area contributed by atoms with Crippen LogP contribution in [0.25, 0.3) is 0 Å². The van der Waals surface area contributed by atoms with Gasteiger partial charge in [-0.25, -0.2) is 0 Å². The topological polar surface area (TPSA) is 86.7 Å². The van der Waals surface area contributed by atoms with Gasteiger partial charge in [0.25, 0.3) is 11.8 Å². The van der Waals surface area contributed by atoms with Gasteiger partial charge in [-0.05, 0) is 30.3 Å². The third-order valence-corrected chi connectivity index (χ3v) is 4.91. The Hall–Kier alpha value is -2.57. The molecule has 2 aromatic rings. The normalized spacial score (nSPS) is 19.5. The Morgan fingerprint density at radius 2 is 1.77 bits per heavy atom. The van der Waals surface area contributed by atoms with E-state index in [1.54, 1.807) is 30.3 Å². The Morgan fingerprint density at radius 3 is 2.38 bits per heavy atom. The van der Waals surface area contributed by atoms with Gasteiger partial charge in [-0.15, -0.1) is 0 Å². The molecule has 2 amide bonds. The van der Waals surface area contributed by atoms with Gasteiger partial charge in [-0.2, -0.15) is 0 Å². The number of halogens is 2. The summed E-state index contributed by atoms with van der Waals surface area (Å²) in [5, 5.41) is 12.5. The Morgan fingerprint density at radius 1 is 1.08 bits per heavy atom. The molecule has 0 radical (unpaired) electrons. The fourth-order valence-electron chi connectivity index (χ4n) is 2.82. The van der Waals surface area contributed by atoms with Crippen LogP contribution in [0.4, 0.5) is 5.69 Å². The number of carboxylic acids is 1. The van der Waals surface area contributed by atoms with Crippen molar-refractivity contribution in [3.63, 3.8) is 0 Å². The summed E-state index contributed by atoms with van der Waals surface area (Å²) >= 11 is 11.7. The van der Waals surface area contributed by atoms with Crippen LogP contribution in [0.2, 0.25) is 10.0 Å². The summed E-state index contributed by atoms with van der Waals surface area (Å²) in [6.07, 6.45) is 0. The molecule has 0 unspecified atom stereocenters. The molecule has 0 aromatic heterocycles. The van der Waals surface area contributed by atoms with Crippen LogP contribution >= 0.6 is 23.2 Å². The largest absolute Gasteiger partial charge is 0.481 e. The van der Waals surface area contributed by atoms with E-state index in [0.717, 1.165) is 0 Å². The van der Waals surface area contributed by atoms with Crippen molar-refractivity contribution in [2.75, 3.05) is 11.4 Å². The molecule has 1 saturated heterocycles. The molecule has 1 aliphatic rings. The molecular formula is C18H14Cl2N2O4. The Kier molecular flexibility index (Phi) is 5.15. The molecule has 2 atom stereocenters. The first-order chi connectivity index (χ1) is 12.4. The van der Waals surface area contributed by atoms with Gasteiger partial charge < -0.3 is 15.3 Å². The number of nitrogens with one attached hydrogen (secondary N) is 1. The van der Waals surface area contributed by atoms with Crippen LogP contribution in [0, 0.1) is 5.92 Å². The minimum Gasteiger partial charge on any atom is -0.481 e. The Labute approximate surface area is 159 Å². The summed E-state index contributed by atoms with van der Waals surface area (Å²) in [4.78, 5) is 38.1. The van der Waals surface area contributed by atoms with E-state index in [1.165, 1.54) is 23.1 Å². The first-order valence-electron chi connectivity index (χ1n) is 7.73. The highest BCUT2D eigenvalue weighted by atomic mass is 35.5. The van der Waals surface area contributed by atoms with E-state index in [9.17, 15) is 19.5 Å². The minimum absolute atomic E-state index is 0.0233. The second kappa shape index (κ2) is 7.35. The van der Waals surface area contributed by atoms with Crippen molar-refractivity contribution in [2.45, 2.75) is 6.04 Å². The highest BCUT2D eigenvalue weighted by molar-refractivity contribution is 6.42. The number of para-hydroxylation sites is 1. The van der Waals surface area contributed by atoms with Crippen molar-refractivity contribution in [1.82, 2.24) is 5.32 Å². The van der Waals surface area contributed by atoms with Crippen molar-refractivity contribution in [3.8, 4) is 0 Å². The molecule has 1 aliphatic heterocycles. The fraction of sp³-hybridized carbons (Fsp3) is 0.167. The number of nitrogens with zero attached hydrogens (tertiary/aromatic N) is 1. The average Bonchev–Trinajstić information content (AvgIpc) is 2.95. The number of rotatable bonds is 4. The van der Waals surface area contributed by atoms with Crippen molar-refractivity contribution in [3.05, 3.63) is 64.1 Å². The van der Waals surface area contributed by atoms with Gasteiger partial charge in [0, 0.05) is 17.8 Å². The lowest BCUT2D eigenvalue weighted by Crippen LogP contribution is -2.46. The van der Waals surface area contributed by atoms with Crippen LogP contribution < -0.4 is 10.2 Å². The maximum Gasteiger partial charge on any atom is 0.310 e. The molecule has 8 heteroatoms. The molecule has 1 heterocycles. The zero-order valence-electron chi connectivity index (χ0n) is 13.4. The third-order valence-electron chi connectivity index (χ3n) is 4.17. The quantitative estimate of drug-likeness (QED) is 0.837. The maximum absolute atomic E-state index is 12.7. The Bertz CT molecular complexity index is 873. The van der Waals surface area contributed by atoms with E-state index < -0.39 is 29.7 Å². The molecule has 3 rings (SSSR count). The number of carboxylic acid groups (broad SMARTS) is 1. The minimum atomic E-state index is -1.17. The van der Waals surface area contributed by atoms with Crippen molar-refractivity contribution in [1.29, 1.82) is 0 Å². The standard InChI is InChI=1S/C18H14Cl2N2O4/c19-13-7-6-10(8-14(13)20)16(23)21-15-12(18(25)26)9-22(17(15)24)11-4-2-1-3-5-11/h1-8,12,15H,9H2,(H,21,23)(H,25,26)/t12-,15-/m1/s1. The number of amides is 2. The molecule has 134 valence electrons. The molecule has 6 nitrogen and oxygen atoms in total. The summed E-state index contributed by atoms with van der Waals surface area (Å²) in [6, 6.07) is 11.8. The van der Waals surface area contributed by atoms with E-state index >= 15 is 0 Å². The molecular weight excluding hydrogens is 379 g/mol. The first-order valence-corrected chi connectivity index (χ1v) is 8.49. The fourth-order valence-corrected chi connectivity index (χ4v) is 3.12. The smallest absolute Gasteiger partial charge is 0.310 e. The van der Waals surface area contributed by atoms with E-state index in [4.69, 9.17) is 23.2 Å². The summed E-state index contributed by atoms with van der Waals surface area (Å²) in [5.41, 5.74) is 0.768. The predicted molar refractivity (Wildman–Crippen MR) is 97.6 cm³/mol. The maximum atomic E-state index is 12.7. The second-order valence-electron chi connectivity index (χ2n) is 5.81. The van der Waals surface area contributed by atoms with Crippen molar-refractivity contribution in [2.24, 2.45) is 5.92 Å². The summed E-state index contributed by atoms with van der Waals surface area (Å²) < 4.78 is 0. The summed E-state index contributed by atoms with van der Waals surface area (Å²) in [5.74, 6) is -3.29. The lowest BCUT2D eigenvalue weighted by molar-refractivity contribution is -0.142. The number of hydrogen-bond acceptors (Lipinski definition) is 3. The van der Waals surface area contributed by atoms with Crippen LogP contribution in [-0.2, 0) is 9.59 Å². The molecule has 0 aliphatic carbocycles. The zero-order chi connectivity index (χ0) is 18.8. The average molecular weight is 393 g/mol. The van der Waals surface area contributed by atoms with Gasteiger partial charge >= 0.3 is 5.97 Å². The third kappa shape index (κ3) is 3.52. The number of hydrogen-bond donors (Lipinski definition) is 2. The van der Waals surface area contributed by atoms with Gasteiger partial charge in [0.05, 0.1) is 10.0 Å². The van der Waals surface area contributed by atoms with Gasteiger partial charge in [0.15, 0.2) is 0 Å². The van der Waals surface area contributed by atoms with Gasteiger partial charge in [0.2, 0.25) is 0 Å². The predicted octanol–water partition coefficient (Wildman–Crippen LogP) is 2.84. The van der Waals surface area contributed by atoms with Crippen molar-refractivity contribution < 1.29 is 19.5 Å². The van der Waals surface area contributed by atoms with Crippen LogP contribution in [-0.4, -0.2) is 35.5 Å². The van der Waals surface area contributed by atoms with E-state index in [1.807, 2.05) is 0 Å². The molecule has 0 spiro atoms. The number of anilines is 1. The summed E-state index contributed by atoms with van der Waals surface area (Å²) in [7, 11) is 0. The number of carbonyl (C=O) groups is 3. The SMILES string of the molecule is O=C(N[C@H]1C(=O)N(c2ccccc2)C[C@H]1C(=O)O)c1ccc(Cl)c(Cl)c1. The monoisotopic (exact) mass is 392 g/mol. The van der Waals surface area contributed by atoms with E-state index in [-0.39, 0.29) is 17.1 Å². The van der Waals surface area contributed by atoms with Crippen LogP contribution in [0.1, 0.15) is 10.4 Å². The van der Waals surface area contributed by atoms with Gasteiger partial charge in [-0.3, -0.25) is 14.4 Å². The van der Waals surface area contributed by atoms with Crippen molar-refractivity contribution >= 4 is 46.7 Å². The molecule has 0 saturated carbocycles.